The summed E-state index contributed by atoms with van der Waals surface area (Å²) >= 11 is 3.70. The van der Waals surface area contributed by atoms with Crippen molar-refractivity contribution >= 4 is 29.5 Å². The van der Waals surface area contributed by atoms with Gasteiger partial charge in [0.15, 0.2) is 0 Å². The number of nitrogens with zero attached hydrogens (tertiary/aromatic N) is 1. The molecule has 3 rings (SSSR count). The maximum atomic E-state index is 12.2. The molecular formula is C24H31ClNO5S2Tc-. The number of piperidine rings is 1. The summed E-state index contributed by atoms with van der Waals surface area (Å²) in [7, 11) is 2.25. The number of esters is 1. The maximum Gasteiger partial charge on any atom is 0 e. The van der Waals surface area contributed by atoms with E-state index in [0.29, 0.717) is 36.9 Å². The van der Waals surface area contributed by atoms with Crippen molar-refractivity contribution in [2.24, 2.45) is 5.92 Å². The van der Waals surface area contributed by atoms with Crippen molar-refractivity contribution in [3.8, 4) is 0 Å². The van der Waals surface area contributed by atoms with Crippen LogP contribution in [0.2, 0.25) is 0 Å². The van der Waals surface area contributed by atoms with E-state index in [-0.39, 0.29) is 38.5 Å². The predicted octanol–water partition coefficient (Wildman–Crippen LogP) is 1.17. The number of halogens is 1. The molecule has 0 N–H and O–H groups in total. The van der Waals surface area contributed by atoms with Gasteiger partial charge in [-0.25, -0.2) is 0 Å². The zero-order valence-corrected chi connectivity index (χ0v) is 23.7. The molecule has 6 nitrogen and oxygen atoms in total. The zero-order valence-electron chi connectivity index (χ0n) is 19.4. The minimum Gasteiger partial charge on any atom is -1.00 e. The third-order valence-corrected chi connectivity index (χ3v) is 7.84. The zero-order chi connectivity index (χ0) is 24.4. The Morgan fingerprint density at radius 1 is 1.06 bits per heavy atom. The van der Waals surface area contributed by atoms with Gasteiger partial charge in [-0.05, 0) is 44.0 Å². The molecule has 0 unspecified atom stereocenters. The molecule has 1 radical (unpaired) electrons. The largest absolute Gasteiger partial charge is 1.00 e. The number of hydrogen-bond acceptors (Lipinski definition) is 5. The summed E-state index contributed by atoms with van der Waals surface area (Å²) < 4.78 is 28.3. The first-order valence-corrected chi connectivity index (χ1v) is 12.9. The van der Waals surface area contributed by atoms with Crippen LogP contribution in [0.1, 0.15) is 37.2 Å². The second-order valence-corrected chi connectivity index (χ2v) is 9.63. The third-order valence-electron chi connectivity index (χ3n) is 5.98. The van der Waals surface area contributed by atoms with Gasteiger partial charge in [0.05, 0.1) is 13.0 Å². The summed E-state index contributed by atoms with van der Waals surface area (Å²) in [6, 6.07) is 12.1. The maximum absolute atomic E-state index is 12.2. The van der Waals surface area contributed by atoms with Crippen molar-refractivity contribution in [2.45, 2.75) is 43.7 Å². The summed E-state index contributed by atoms with van der Waals surface area (Å²) in [6.07, 6.45) is 6.35. The molecule has 2 fully saturated rings. The number of hydrogen-bond donors (Lipinski definition) is 0. The molecular weight excluding hydrogens is 580 g/mol. The van der Waals surface area contributed by atoms with E-state index < -0.39 is 0 Å². The Balaban J connectivity index is -0.00000111. The number of carbonyl (C=O) groups is 1. The van der Waals surface area contributed by atoms with Crippen molar-refractivity contribution in [1.82, 2.24) is 4.90 Å². The fourth-order valence-corrected chi connectivity index (χ4v) is 6.20. The van der Waals surface area contributed by atoms with Gasteiger partial charge in [0, 0.05) is 55.4 Å². The van der Waals surface area contributed by atoms with Crippen LogP contribution in [-0.2, 0) is 43.6 Å². The molecule has 2 aliphatic heterocycles. The van der Waals surface area contributed by atoms with Gasteiger partial charge in [-0.15, -0.1) is 0 Å². The number of ether oxygens (including phenoxy) is 1. The monoisotopic (exact) mass is 609 g/mol. The van der Waals surface area contributed by atoms with Gasteiger partial charge in [-0.2, -0.15) is 23.5 Å². The minimum absolute atomic E-state index is 0. The molecule has 2 bridgehead atoms. The molecule has 0 saturated carbocycles. The van der Waals surface area contributed by atoms with Crippen LogP contribution < -0.4 is 12.4 Å². The van der Waals surface area contributed by atoms with Crippen molar-refractivity contribution in [2.75, 3.05) is 37.2 Å². The second-order valence-electron chi connectivity index (χ2n) is 7.42. The average Bonchev–Trinajstić information content (AvgIpc) is 3.10. The Labute approximate surface area is 232 Å². The molecule has 0 spiro atoms. The summed E-state index contributed by atoms with van der Waals surface area (Å²) in [5.74, 6) is 4.02. The average molecular weight is 611 g/mol. The van der Waals surface area contributed by atoms with E-state index in [1.807, 2.05) is 23.5 Å². The van der Waals surface area contributed by atoms with Gasteiger partial charge in [-0.1, -0.05) is 30.3 Å². The molecule has 1 aromatic carbocycles. The molecule has 0 aliphatic carbocycles. The van der Waals surface area contributed by atoms with E-state index in [4.69, 9.17) is 18.7 Å². The number of rotatable bonds is 9. The van der Waals surface area contributed by atoms with Crippen LogP contribution in [-0.4, -0.2) is 60.1 Å². The molecule has 4 atom stereocenters. The second kappa shape index (κ2) is 24.2. The number of fused-ring (bicyclic) bond motifs is 2. The Kier molecular flexibility index (Phi) is 27.1. The number of benzene rings is 1. The number of carbonyl (C=O) groups excluding carboxylic acids is 1. The van der Waals surface area contributed by atoms with E-state index >= 15 is 0 Å². The van der Waals surface area contributed by atoms with E-state index in [0.717, 1.165) is 17.3 Å². The van der Waals surface area contributed by atoms with Crippen LogP contribution in [0.4, 0.5) is 0 Å². The summed E-state index contributed by atoms with van der Waals surface area (Å²) in [5.41, 5.74) is 1.41. The summed E-state index contributed by atoms with van der Waals surface area (Å²) in [6.45, 7) is 14.1. The molecule has 1 aromatic rings. The molecule has 10 heteroatoms. The SMILES string of the molecule is CSCCSCCC(=O)OC[C@H]1[C@@H](c2ccccc2)C[C@H]2CC[C@@H]1N2C.[C-]#[O+].[C-]#[O+].[C-]#[O+].[Cl-].[Tc]. The van der Waals surface area contributed by atoms with Crippen LogP contribution in [0.15, 0.2) is 30.3 Å². The fraction of sp³-hybridized carbons (Fsp3) is 0.583. The van der Waals surface area contributed by atoms with Crippen LogP contribution >= 0.6 is 23.5 Å². The predicted molar refractivity (Wildman–Crippen MR) is 125 cm³/mol. The van der Waals surface area contributed by atoms with Crippen LogP contribution in [0.3, 0.4) is 0 Å². The molecule has 2 heterocycles. The smallest absolute Gasteiger partial charge is 0 e. The van der Waals surface area contributed by atoms with Gasteiger partial charge in [0.25, 0.3) is 0 Å². The van der Waals surface area contributed by atoms with Crippen LogP contribution in [0.25, 0.3) is 0 Å². The Morgan fingerprint density at radius 3 is 2.26 bits per heavy atom. The van der Waals surface area contributed by atoms with Crippen LogP contribution in [0.5, 0.6) is 0 Å². The van der Waals surface area contributed by atoms with Crippen molar-refractivity contribution in [1.29, 1.82) is 0 Å². The van der Waals surface area contributed by atoms with Gasteiger partial charge < -0.3 is 22.0 Å². The van der Waals surface area contributed by atoms with Gasteiger partial charge in [0.2, 0.25) is 0 Å². The normalized spacial score (nSPS) is 21.8. The quantitative estimate of drug-likeness (QED) is 0.181. The molecule has 2 aliphatic rings. The van der Waals surface area contributed by atoms with Crippen LogP contribution in [0, 0.1) is 25.9 Å². The molecule has 34 heavy (non-hydrogen) atoms. The summed E-state index contributed by atoms with van der Waals surface area (Å²) in [5, 5.41) is 0. The fourth-order valence-electron chi connectivity index (χ4n) is 4.55. The summed E-state index contributed by atoms with van der Waals surface area (Å²) in [4.78, 5) is 14.7. The number of thioether (sulfide) groups is 2. The van der Waals surface area contributed by atoms with Crippen molar-refractivity contribution < 1.29 is 56.0 Å². The molecule has 0 aromatic heterocycles. The first-order valence-electron chi connectivity index (χ1n) is 10.3. The van der Waals surface area contributed by atoms with Gasteiger partial charge >= 0.3 is 39.9 Å². The first-order chi connectivity index (χ1) is 15.7. The Bertz CT molecular complexity index is 693. The first kappa shape index (κ1) is 38.0. The van der Waals surface area contributed by atoms with E-state index in [2.05, 4.69) is 68.5 Å². The minimum atomic E-state index is -0.0313. The standard InChI is InChI=1S/C21H31NO2S2.3CO.ClH.Tc/c1-22-17-8-9-20(22)19(18(14-17)16-6-4-3-5-7-16)15-24-21(23)10-11-26-13-12-25-2;3*1-2;;/h3-7,17-20H,8-15H2,1-2H3;;;;1H;/p-1/t17-,18-,19+,20+;;;;;/m1...../s1. The molecule has 0 amide bonds. The van der Waals surface area contributed by atoms with E-state index in [1.165, 1.54) is 24.8 Å². The Hall–Kier alpha value is -0.491. The van der Waals surface area contributed by atoms with E-state index in [1.54, 1.807) is 0 Å². The molecule has 2 saturated heterocycles. The van der Waals surface area contributed by atoms with Gasteiger partial charge in [-0.3, -0.25) is 4.79 Å². The van der Waals surface area contributed by atoms with E-state index in [9.17, 15) is 4.79 Å². The Morgan fingerprint density at radius 2 is 1.68 bits per heavy atom. The third kappa shape index (κ3) is 12.5. The topological polar surface area (TPSA) is 89.2 Å². The van der Waals surface area contributed by atoms with Gasteiger partial charge in [0.1, 0.15) is 0 Å². The molecule has 189 valence electrons. The van der Waals surface area contributed by atoms with Crippen molar-refractivity contribution in [3.63, 3.8) is 0 Å². The van der Waals surface area contributed by atoms with Crippen molar-refractivity contribution in [3.05, 3.63) is 55.8 Å².